The van der Waals surface area contributed by atoms with E-state index in [0.29, 0.717) is 11.6 Å². The van der Waals surface area contributed by atoms with Gasteiger partial charge in [-0.2, -0.15) is 0 Å². The van der Waals surface area contributed by atoms with Crippen molar-refractivity contribution in [3.63, 3.8) is 0 Å². The van der Waals surface area contributed by atoms with E-state index in [-0.39, 0.29) is 11.9 Å². The summed E-state index contributed by atoms with van der Waals surface area (Å²) < 4.78 is 5.73. The van der Waals surface area contributed by atoms with Crippen LogP contribution in [-0.2, 0) is 17.8 Å². The Labute approximate surface area is 165 Å². The first-order valence-electron chi connectivity index (χ1n) is 9.50. The van der Waals surface area contributed by atoms with Crippen LogP contribution in [0.4, 0.5) is 5.82 Å². The van der Waals surface area contributed by atoms with Crippen molar-refractivity contribution in [2.45, 2.75) is 25.9 Å². The number of hydrogen-bond acceptors (Lipinski definition) is 4. The molecule has 1 atom stereocenters. The van der Waals surface area contributed by atoms with Crippen LogP contribution in [0.25, 0.3) is 0 Å². The van der Waals surface area contributed by atoms with E-state index < -0.39 is 0 Å². The van der Waals surface area contributed by atoms with Gasteiger partial charge < -0.3 is 10.1 Å². The van der Waals surface area contributed by atoms with Crippen LogP contribution in [0.2, 0.25) is 0 Å². The summed E-state index contributed by atoms with van der Waals surface area (Å²) in [6.45, 7) is 3.61. The van der Waals surface area contributed by atoms with E-state index >= 15 is 0 Å². The van der Waals surface area contributed by atoms with Gasteiger partial charge in [-0.05, 0) is 48.7 Å². The van der Waals surface area contributed by atoms with Gasteiger partial charge in [0.15, 0.2) is 0 Å². The minimum atomic E-state index is -0.226. The SMILES string of the molecule is CC(C(=O)Nc1ccc(Oc2ccccc2)cn1)N1CCc2ccccc2C1. The molecule has 0 aliphatic carbocycles. The molecule has 1 amide bonds. The van der Waals surface area contributed by atoms with Crippen molar-refractivity contribution in [3.8, 4) is 11.5 Å². The molecule has 142 valence electrons. The molecule has 4 rings (SSSR count). The summed E-state index contributed by atoms with van der Waals surface area (Å²) in [4.78, 5) is 19.2. The fourth-order valence-electron chi connectivity index (χ4n) is 3.38. The normalized spacial score (nSPS) is 14.8. The molecule has 0 saturated heterocycles. The predicted octanol–water partition coefficient (Wildman–Crippen LogP) is 4.26. The molecule has 1 unspecified atom stereocenters. The zero-order chi connectivity index (χ0) is 19.3. The number of amides is 1. The zero-order valence-electron chi connectivity index (χ0n) is 15.8. The second-order valence-electron chi connectivity index (χ2n) is 6.95. The highest BCUT2D eigenvalue weighted by Crippen LogP contribution is 2.22. The van der Waals surface area contributed by atoms with E-state index in [1.165, 1.54) is 11.1 Å². The fraction of sp³-hybridized carbons (Fsp3) is 0.217. The molecule has 0 fully saturated rings. The van der Waals surface area contributed by atoms with E-state index in [9.17, 15) is 4.79 Å². The van der Waals surface area contributed by atoms with Crippen LogP contribution < -0.4 is 10.1 Å². The molecule has 1 aromatic heterocycles. The number of nitrogens with one attached hydrogen (secondary N) is 1. The lowest BCUT2D eigenvalue weighted by atomic mass is 9.99. The molecular weight excluding hydrogens is 350 g/mol. The molecule has 0 radical (unpaired) electrons. The van der Waals surface area contributed by atoms with E-state index in [1.54, 1.807) is 18.3 Å². The molecule has 1 N–H and O–H groups in total. The third-order valence-electron chi connectivity index (χ3n) is 5.05. The van der Waals surface area contributed by atoms with Crippen molar-refractivity contribution in [1.29, 1.82) is 0 Å². The number of carbonyl (C=O) groups is 1. The van der Waals surface area contributed by atoms with Crippen LogP contribution in [0, 0.1) is 0 Å². The van der Waals surface area contributed by atoms with Crippen molar-refractivity contribution < 1.29 is 9.53 Å². The predicted molar refractivity (Wildman–Crippen MR) is 109 cm³/mol. The Morgan fingerprint density at radius 1 is 1.00 bits per heavy atom. The Morgan fingerprint density at radius 2 is 1.75 bits per heavy atom. The highest BCUT2D eigenvalue weighted by molar-refractivity contribution is 5.93. The van der Waals surface area contributed by atoms with Gasteiger partial charge in [0.05, 0.1) is 12.2 Å². The molecule has 0 saturated carbocycles. The third kappa shape index (κ3) is 4.21. The summed E-state index contributed by atoms with van der Waals surface area (Å²) in [6.07, 6.45) is 2.59. The number of anilines is 1. The second-order valence-corrected chi connectivity index (χ2v) is 6.95. The van der Waals surface area contributed by atoms with Gasteiger partial charge in [-0.25, -0.2) is 4.98 Å². The molecule has 3 aromatic rings. The summed E-state index contributed by atoms with van der Waals surface area (Å²) >= 11 is 0. The first-order chi connectivity index (χ1) is 13.7. The van der Waals surface area contributed by atoms with Gasteiger partial charge in [0.1, 0.15) is 17.3 Å². The highest BCUT2D eigenvalue weighted by Gasteiger charge is 2.25. The number of rotatable bonds is 5. The van der Waals surface area contributed by atoms with Gasteiger partial charge in [0.25, 0.3) is 0 Å². The first kappa shape index (κ1) is 18.2. The zero-order valence-corrected chi connectivity index (χ0v) is 15.8. The Bertz CT molecular complexity index is 942. The van der Waals surface area contributed by atoms with Crippen molar-refractivity contribution in [3.05, 3.63) is 84.1 Å². The molecule has 5 nitrogen and oxygen atoms in total. The van der Waals surface area contributed by atoms with Gasteiger partial charge in [-0.15, -0.1) is 0 Å². The van der Waals surface area contributed by atoms with E-state index in [2.05, 4.69) is 39.5 Å². The lowest BCUT2D eigenvalue weighted by Gasteiger charge is -2.32. The molecule has 28 heavy (non-hydrogen) atoms. The third-order valence-corrected chi connectivity index (χ3v) is 5.05. The van der Waals surface area contributed by atoms with Crippen molar-refractivity contribution in [2.24, 2.45) is 0 Å². The quantitative estimate of drug-likeness (QED) is 0.726. The number of nitrogens with zero attached hydrogens (tertiary/aromatic N) is 2. The van der Waals surface area contributed by atoms with Crippen molar-refractivity contribution >= 4 is 11.7 Å². The molecular formula is C23H23N3O2. The summed E-state index contributed by atoms with van der Waals surface area (Å²) in [7, 11) is 0. The van der Waals surface area contributed by atoms with Crippen molar-refractivity contribution in [1.82, 2.24) is 9.88 Å². The van der Waals surface area contributed by atoms with Crippen LogP contribution in [0.1, 0.15) is 18.1 Å². The van der Waals surface area contributed by atoms with Gasteiger partial charge in [-0.3, -0.25) is 9.69 Å². The monoisotopic (exact) mass is 373 g/mol. The molecule has 1 aliphatic heterocycles. The lowest BCUT2D eigenvalue weighted by Crippen LogP contribution is -2.44. The number of ether oxygens (including phenoxy) is 1. The average molecular weight is 373 g/mol. The standard InChI is InChI=1S/C23H23N3O2/c1-17(26-14-13-18-7-5-6-8-19(18)16-26)23(27)25-22-12-11-21(15-24-22)28-20-9-3-2-4-10-20/h2-12,15,17H,13-14,16H2,1H3,(H,24,25,27). The Balaban J connectivity index is 1.35. The molecule has 2 heterocycles. The maximum absolute atomic E-state index is 12.7. The number of hydrogen-bond donors (Lipinski definition) is 1. The maximum atomic E-state index is 12.7. The topological polar surface area (TPSA) is 54.5 Å². The minimum Gasteiger partial charge on any atom is -0.456 e. The van der Waals surface area contributed by atoms with Gasteiger partial charge in [-0.1, -0.05) is 42.5 Å². The van der Waals surface area contributed by atoms with Crippen LogP contribution in [0.3, 0.4) is 0 Å². The second kappa shape index (κ2) is 8.23. The van der Waals surface area contributed by atoms with E-state index in [0.717, 1.165) is 25.3 Å². The number of aromatic nitrogens is 1. The molecule has 0 bridgehead atoms. The highest BCUT2D eigenvalue weighted by atomic mass is 16.5. The number of pyridine rings is 1. The molecule has 1 aliphatic rings. The smallest absolute Gasteiger partial charge is 0.242 e. The largest absolute Gasteiger partial charge is 0.456 e. The summed E-state index contributed by atoms with van der Waals surface area (Å²) in [6, 6.07) is 21.3. The number of carbonyl (C=O) groups excluding carboxylic acids is 1. The number of fused-ring (bicyclic) bond motifs is 1. The van der Waals surface area contributed by atoms with Gasteiger partial charge in [0, 0.05) is 13.1 Å². The Morgan fingerprint density at radius 3 is 2.50 bits per heavy atom. The number of para-hydroxylation sites is 1. The lowest BCUT2D eigenvalue weighted by molar-refractivity contribution is -0.121. The van der Waals surface area contributed by atoms with Crippen LogP contribution in [-0.4, -0.2) is 28.4 Å². The summed E-state index contributed by atoms with van der Waals surface area (Å²) in [5.74, 6) is 1.85. The average Bonchev–Trinajstić information content (AvgIpc) is 2.75. The van der Waals surface area contributed by atoms with Crippen LogP contribution >= 0.6 is 0 Å². The summed E-state index contributed by atoms with van der Waals surface area (Å²) in [5, 5.41) is 2.91. The Hall–Kier alpha value is -3.18. The van der Waals surface area contributed by atoms with Crippen LogP contribution in [0.5, 0.6) is 11.5 Å². The number of benzene rings is 2. The molecule has 0 spiro atoms. The summed E-state index contributed by atoms with van der Waals surface area (Å²) in [5.41, 5.74) is 2.68. The maximum Gasteiger partial charge on any atom is 0.242 e. The molecule has 2 aromatic carbocycles. The molecule has 5 heteroatoms. The fourth-order valence-corrected chi connectivity index (χ4v) is 3.38. The minimum absolute atomic E-state index is 0.0522. The van der Waals surface area contributed by atoms with E-state index in [1.807, 2.05) is 37.3 Å². The Kier molecular flexibility index (Phi) is 5.35. The van der Waals surface area contributed by atoms with Crippen LogP contribution in [0.15, 0.2) is 72.9 Å². The van der Waals surface area contributed by atoms with Crippen molar-refractivity contribution in [2.75, 3.05) is 11.9 Å². The van der Waals surface area contributed by atoms with Gasteiger partial charge in [0.2, 0.25) is 5.91 Å². The van der Waals surface area contributed by atoms with E-state index in [4.69, 9.17) is 4.74 Å². The first-order valence-corrected chi connectivity index (χ1v) is 9.50. The van der Waals surface area contributed by atoms with Gasteiger partial charge >= 0.3 is 0 Å².